The van der Waals surface area contributed by atoms with Gasteiger partial charge in [0.25, 0.3) is 0 Å². The Morgan fingerprint density at radius 2 is 2.06 bits per heavy atom. The van der Waals surface area contributed by atoms with E-state index in [-0.39, 0.29) is 5.92 Å². The predicted octanol–water partition coefficient (Wildman–Crippen LogP) is 4.03. The van der Waals surface area contributed by atoms with E-state index >= 15 is 0 Å². The average Bonchev–Trinajstić information content (AvgIpc) is 3.47. The number of nitrogens with one attached hydrogen (secondary N) is 2. The lowest BCUT2D eigenvalue weighted by Crippen LogP contribution is -2.42. The van der Waals surface area contributed by atoms with Crippen LogP contribution in [-0.4, -0.2) is 69.4 Å². The van der Waals surface area contributed by atoms with Crippen molar-refractivity contribution in [1.82, 2.24) is 25.1 Å². The van der Waals surface area contributed by atoms with E-state index in [0.717, 1.165) is 75.5 Å². The van der Waals surface area contributed by atoms with Crippen LogP contribution in [0.5, 0.6) is 0 Å². The van der Waals surface area contributed by atoms with Crippen LogP contribution in [0.3, 0.4) is 0 Å². The highest BCUT2D eigenvalue weighted by Gasteiger charge is 2.29. The third kappa shape index (κ3) is 4.00. The van der Waals surface area contributed by atoms with Crippen LogP contribution in [0, 0.1) is 5.92 Å². The number of thiophene rings is 1. The standard InChI is InChI=1S/C25H29N7O2S/c1-31(2)16-5-7-32(8-6-16)20-11-18-15(12-28-30-18)9-19(20)29-23-22-17-4-3-14(25(33)34)10-21(17)35-24(22)27-13-26-23/h9,11-14,16H,3-8,10H2,1-2H3,(H,28,30)(H,33,34)(H,26,27,29)/t14-/m0/s1. The van der Waals surface area contributed by atoms with Gasteiger partial charge in [0.1, 0.15) is 17.0 Å². The number of fused-ring (bicyclic) bond motifs is 4. The molecule has 0 radical (unpaired) electrons. The number of aromatic amines is 1. The third-order valence-corrected chi connectivity index (χ3v) is 8.70. The zero-order valence-corrected chi connectivity index (χ0v) is 20.7. The Labute approximate surface area is 207 Å². The van der Waals surface area contributed by atoms with E-state index in [1.165, 1.54) is 5.56 Å². The second-order valence-corrected chi connectivity index (χ2v) is 10.9. The largest absolute Gasteiger partial charge is 0.481 e. The summed E-state index contributed by atoms with van der Waals surface area (Å²) >= 11 is 1.60. The number of piperidine rings is 1. The van der Waals surface area contributed by atoms with Gasteiger partial charge in [-0.2, -0.15) is 5.10 Å². The van der Waals surface area contributed by atoms with Crippen molar-refractivity contribution in [2.24, 2.45) is 5.92 Å². The number of nitrogens with zero attached hydrogens (tertiary/aromatic N) is 5. The fraction of sp³-hybridized carbons (Fsp3) is 0.440. The van der Waals surface area contributed by atoms with Crippen LogP contribution >= 0.6 is 11.3 Å². The number of aliphatic carboxylic acids is 1. The molecule has 182 valence electrons. The Morgan fingerprint density at radius 3 is 2.83 bits per heavy atom. The van der Waals surface area contributed by atoms with Gasteiger partial charge in [0, 0.05) is 29.4 Å². The summed E-state index contributed by atoms with van der Waals surface area (Å²) in [7, 11) is 4.31. The smallest absolute Gasteiger partial charge is 0.306 e. The van der Waals surface area contributed by atoms with Gasteiger partial charge in [-0.05, 0) is 63.9 Å². The van der Waals surface area contributed by atoms with Crippen molar-refractivity contribution in [3.8, 4) is 0 Å². The second-order valence-electron chi connectivity index (χ2n) is 9.82. The maximum atomic E-state index is 11.6. The minimum Gasteiger partial charge on any atom is -0.481 e. The molecule has 4 heterocycles. The number of hydrogen-bond donors (Lipinski definition) is 3. The predicted molar refractivity (Wildman–Crippen MR) is 139 cm³/mol. The third-order valence-electron chi connectivity index (χ3n) is 7.54. The van der Waals surface area contributed by atoms with E-state index in [9.17, 15) is 9.90 Å². The van der Waals surface area contributed by atoms with Gasteiger partial charge in [-0.25, -0.2) is 9.97 Å². The molecule has 10 heteroatoms. The van der Waals surface area contributed by atoms with Crippen molar-refractivity contribution < 1.29 is 9.90 Å². The highest BCUT2D eigenvalue weighted by molar-refractivity contribution is 7.19. The van der Waals surface area contributed by atoms with Crippen molar-refractivity contribution >= 4 is 55.6 Å². The van der Waals surface area contributed by atoms with E-state index < -0.39 is 5.97 Å². The maximum Gasteiger partial charge on any atom is 0.306 e. The molecule has 0 amide bonds. The monoisotopic (exact) mass is 491 g/mol. The van der Waals surface area contributed by atoms with Gasteiger partial charge < -0.3 is 20.2 Å². The number of aromatic nitrogens is 4. The number of carboxylic acid groups (broad SMARTS) is 1. The summed E-state index contributed by atoms with van der Waals surface area (Å²) in [6, 6.07) is 4.92. The summed E-state index contributed by atoms with van der Waals surface area (Å²) in [5.74, 6) is -0.248. The topological polar surface area (TPSA) is 110 Å². The highest BCUT2D eigenvalue weighted by atomic mass is 32.1. The van der Waals surface area contributed by atoms with Crippen LogP contribution in [0.1, 0.15) is 29.7 Å². The van der Waals surface area contributed by atoms with Gasteiger partial charge in [0.15, 0.2) is 0 Å². The number of hydrogen-bond acceptors (Lipinski definition) is 8. The Morgan fingerprint density at radius 1 is 1.23 bits per heavy atom. The fourth-order valence-corrected chi connectivity index (χ4v) is 6.78. The van der Waals surface area contributed by atoms with Crippen molar-refractivity contribution in [3.05, 3.63) is 35.1 Å². The van der Waals surface area contributed by atoms with E-state index in [4.69, 9.17) is 0 Å². The Balaban J connectivity index is 1.38. The number of rotatable bonds is 5. The zero-order valence-electron chi connectivity index (χ0n) is 19.9. The normalized spacial score (nSPS) is 18.9. The molecule has 1 aliphatic heterocycles. The molecule has 2 aliphatic rings. The van der Waals surface area contributed by atoms with E-state index in [0.29, 0.717) is 18.9 Å². The van der Waals surface area contributed by atoms with E-state index in [1.54, 1.807) is 17.7 Å². The van der Waals surface area contributed by atoms with E-state index in [2.05, 4.69) is 61.5 Å². The minimum absolute atomic E-state index is 0.319. The van der Waals surface area contributed by atoms with Crippen molar-refractivity contribution in [2.75, 3.05) is 37.4 Å². The van der Waals surface area contributed by atoms with Crippen molar-refractivity contribution in [2.45, 2.75) is 38.1 Å². The van der Waals surface area contributed by atoms with Gasteiger partial charge in [-0.3, -0.25) is 9.89 Å². The summed E-state index contributed by atoms with van der Waals surface area (Å²) in [4.78, 5) is 27.5. The van der Waals surface area contributed by atoms with Crippen molar-refractivity contribution in [3.63, 3.8) is 0 Å². The number of benzene rings is 1. The van der Waals surface area contributed by atoms with Gasteiger partial charge in [-0.15, -0.1) is 11.3 Å². The minimum atomic E-state index is -0.714. The first kappa shape index (κ1) is 22.2. The van der Waals surface area contributed by atoms with Crippen LogP contribution < -0.4 is 10.2 Å². The number of H-pyrrole nitrogens is 1. The average molecular weight is 492 g/mol. The Bertz CT molecular complexity index is 1400. The maximum absolute atomic E-state index is 11.6. The molecule has 0 spiro atoms. The first-order chi connectivity index (χ1) is 17.0. The lowest BCUT2D eigenvalue weighted by Gasteiger charge is -2.37. The molecule has 1 atom stereocenters. The SMILES string of the molecule is CN(C)C1CCN(c2cc3[nH]ncc3cc2Nc2ncnc3sc4c(c23)CC[C@H](C(=O)O)C4)CC1. The molecule has 35 heavy (non-hydrogen) atoms. The second kappa shape index (κ2) is 8.76. The summed E-state index contributed by atoms with van der Waals surface area (Å²) in [6.07, 6.45) is 7.63. The Hall–Kier alpha value is -3.24. The molecule has 1 fully saturated rings. The number of anilines is 3. The van der Waals surface area contributed by atoms with Gasteiger partial charge in [0.05, 0.1) is 34.4 Å². The Kier molecular flexibility index (Phi) is 5.57. The molecule has 0 bridgehead atoms. The zero-order chi connectivity index (χ0) is 24.1. The van der Waals surface area contributed by atoms with Crippen LogP contribution in [0.15, 0.2) is 24.7 Å². The van der Waals surface area contributed by atoms with Crippen molar-refractivity contribution in [1.29, 1.82) is 0 Å². The molecule has 3 N–H and O–H groups in total. The lowest BCUT2D eigenvalue weighted by molar-refractivity contribution is -0.142. The number of aryl methyl sites for hydroxylation is 1. The molecule has 1 aliphatic carbocycles. The highest BCUT2D eigenvalue weighted by Crippen LogP contribution is 2.42. The van der Waals surface area contributed by atoms with Crippen LogP contribution in [0.2, 0.25) is 0 Å². The molecule has 4 aromatic rings. The van der Waals surface area contributed by atoms with Crippen LogP contribution in [-0.2, 0) is 17.6 Å². The summed E-state index contributed by atoms with van der Waals surface area (Å²) in [5, 5.41) is 22.6. The lowest BCUT2D eigenvalue weighted by atomic mass is 9.88. The molecular formula is C25H29N7O2S. The van der Waals surface area contributed by atoms with Gasteiger partial charge in [0.2, 0.25) is 0 Å². The fourth-order valence-electron chi connectivity index (χ4n) is 5.51. The number of carbonyl (C=O) groups is 1. The first-order valence-electron chi connectivity index (χ1n) is 12.1. The number of carboxylic acids is 1. The molecule has 1 aromatic carbocycles. The molecular weight excluding hydrogens is 462 g/mol. The molecule has 0 saturated carbocycles. The summed E-state index contributed by atoms with van der Waals surface area (Å²) in [6.45, 7) is 1.97. The van der Waals surface area contributed by atoms with E-state index in [1.807, 2.05) is 6.20 Å². The molecule has 6 rings (SSSR count). The molecule has 9 nitrogen and oxygen atoms in total. The van der Waals surface area contributed by atoms with Crippen LogP contribution in [0.25, 0.3) is 21.1 Å². The quantitative estimate of drug-likeness (QED) is 0.384. The summed E-state index contributed by atoms with van der Waals surface area (Å²) < 4.78 is 0. The van der Waals surface area contributed by atoms with Crippen LogP contribution in [0.4, 0.5) is 17.2 Å². The molecule has 3 aromatic heterocycles. The molecule has 1 saturated heterocycles. The van der Waals surface area contributed by atoms with Gasteiger partial charge in [-0.1, -0.05) is 0 Å². The summed E-state index contributed by atoms with van der Waals surface area (Å²) in [5.41, 5.74) is 4.35. The molecule has 0 unspecified atom stereocenters. The first-order valence-corrected chi connectivity index (χ1v) is 12.9. The van der Waals surface area contributed by atoms with Gasteiger partial charge >= 0.3 is 5.97 Å².